The number of phenols is 1. The second kappa shape index (κ2) is 6.96. The molecule has 194 valence electrons. The highest BCUT2D eigenvalue weighted by molar-refractivity contribution is 5.65. The number of hydrogen-bond acceptors (Lipinski definition) is 5. The van der Waals surface area contributed by atoms with Crippen molar-refractivity contribution in [2.45, 2.75) is 68.3 Å². The molecule has 4 bridgehead atoms. The van der Waals surface area contributed by atoms with Gasteiger partial charge in [-0.3, -0.25) is 4.90 Å². The number of aliphatic hydroxyl groups is 1. The first kappa shape index (κ1) is 22.6. The number of aromatic hydroxyl groups is 1. The molecule has 7 atom stereocenters. The molecule has 2 aromatic rings. The predicted octanol–water partition coefficient (Wildman–Crippen LogP) is 4.66. The number of methoxy groups -OCH3 is 1. The SMILES string of the molecule is CO[C@]12C=CC3(CC1(C)[C@H](O)c1ccc(F)cc1)C1Cc4ccc(O)c5c4[C@@]3(CCN1CC1CC1)[C@@H]2O5. The second-order valence-electron chi connectivity index (χ2n) is 12.7. The summed E-state index contributed by atoms with van der Waals surface area (Å²) in [6, 6.07) is 10.4. The number of rotatable bonds is 5. The smallest absolute Gasteiger partial charge is 0.165 e. The molecule has 2 N–H and O–H groups in total. The average Bonchev–Trinajstić information content (AvgIpc) is 3.64. The first-order valence-corrected chi connectivity index (χ1v) is 13.7. The predicted molar refractivity (Wildman–Crippen MR) is 136 cm³/mol. The van der Waals surface area contributed by atoms with Gasteiger partial charge in [0.25, 0.3) is 0 Å². The van der Waals surface area contributed by atoms with E-state index in [1.165, 1.54) is 36.1 Å². The minimum atomic E-state index is -0.925. The molecule has 2 spiro atoms. The van der Waals surface area contributed by atoms with E-state index in [0.29, 0.717) is 11.3 Å². The van der Waals surface area contributed by atoms with Crippen LogP contribution in [0.4, 0.5) is 4.39 Å². The van der Waals surface area contributed by atoms with Gasteiger partial charge in [0.15, 0.2) is 11.5 Å². The van der Waals surface area contributed by atoms with E-state index in [1.54, 1.807) is 25.3 Å². The molecule has 2 saturated carbocycles. The minimum absolute atomic E-state index is 0.183. The fraction of sp³-hybridized carbons (Fsp3) is 0.548. The van der Waals surface area contributed by atoms with Gasteiger partial charge in [-0.25, -0.2) is 4.39 Å². The number of hydrogen-bond donors (Lipinski definition) is 2. The topological polar surface area (TPSA) is 62.2 Å². The Morgan fingerprint density at radius 1 is 1.16 bits per heavy atom. The van der Waals surface area contributed by atoms with Crippen molar-refractivity contribution < 1.29 is 24.1 Å². The zero-order valence-corrected chi connectivity index (χ0v) is 21.4. The van der Waals surface area contributed by atoms with Gasteiger partial charge in [0.05, 0.1) is 11.5 Å². The van der Waals surface area contributed by atoms with Gasteiger partial charge in [-0.15, -0.1) is 0 Å². The number of phenolic OH excluding ortho intramolecular Hbond substituents is 1. The van der Waals surface area contributed by atoms with Crippen LogP contribution >= 0.6 is 0 Å². The van der Waals surface area contributed by atoms with Gasteiger partial charge < -0.3 is 19.7 Å². The van der Waals surface area contributed by atoms with Gasteiger partial charge in [0, 0.05) is 36.1 Å². The lowest BCUT2D eigenvalue weighted by Crippen LogP contribution is -2.81. The van der Waals surface area contributed by atoms with Crippen LogP contribution in [0, 0.1) is 22.6 Å². The summed E-state index contributed by atoms with van der Waals surface area (Å²) in [5.41, 5.74) is 0.869. The van der Waals surface area contributed by atoms with E-state index >= 15 is 0 Å². The fourth-order valence-electron chi connectivity index (χ4n) is 9.55. The van der Waals surface area contributed by atoms with E-state index in [0.717, 1.165) is 38.3 Å². The van der Waals surface area contributed by atoms with E-state index in [4.69, 9.17) is 9.47 Å². The molecule has 7 aliphatic rings. The molecular formula is C31H34FNO4. The molecule has 2 aliphatic heterocycles. The molecule has 0 aromatic heterocycles. The van der Waals surface area contributed by atoms with Crippen molar-refractivity contribution in [2.75, 3.05) is 20.2 Å². The maximum absolute atomic E-state index is 13.8. The number of nitrogens with zero attached hydrogens (tertiary/aromatic N) is 1. The number of ether oxygens (including phenoxy) is 2. The lowest BCUT2D eigenvalue weighted by atomic mass is 9.33. The second-order valence-corrected chi connectivity index (χ2v) is 12.7. The number of halogens is 1. The van der Waals surface area contributed by atoms with Crippen molar-refractivity contribution in [2.24, 2.45) is 16.7 Å². The maximum atomic E-state index is 13.8. The largest absolute Gasteiger partial charge is 0.504 e. The number of piperidine rings is 1. The van der Waals surface area contributed by atoms with E-state index in [-0.39, 0.29) is 34.5 Å². The lowest BCUT2D eigenvalue weighted by molar-refractivity contribution is -0.270. The van der Waals surface area contributed by atoms with Gasteiger partial charge in [-0.2, -0.15) is 0 Å². The molecule has 0 amide bonds. The van der Waals surface area contributed by atoms with Gasteiger partial charge in [-0.1, -0.05) is 37.3 Å². The summed E-state index contributed by atoms with van der Waals surface area (Å²) in [6.45, 7) is 4.24. The van der Waals surface area contributed by atoms with Crippen molar-refractivity contribution in [1.82, 2.24) is 4.90 Å². The third kappa shape index (κ3) is 2.42. The van der Waals surface area contributed by atoms with Crippen LogP contribution in [-0.4, -0.2) is 53.1 Å². The molecule has 5 nitrogen and oxygen atoms in total. The van der Waals surface area contributed by atoms with E-state index in [2.05, 4.69) is 30.0 Å². The molecule has 2 heterocycles. The summed E-state index contributed by atoms with van der Waals surface area (Å²) in [6.07, 6.45) is 8.50. The summed E-state index contributed by atoms with van der Waals surface area (Å²) in [4.78, 5) is 2.72. The third-order valence-electron chi connectivity index (χ3n) is 11.3. The molecular weight excluding hydrogens is 469 g/mol. The Hall–Kier alpha value is -2.41. The quantitative estimate of drug-likeness (QED) is 0.582. The number of fused-ring (bicyclic) bond motifs is 1. The Kier molecular flexibility index (Phi) is 4.24. The Labute approximate surface area is 216 Å². The molecule has 5 aliphatic carbocycles. The summed E-state index contributed by atoms with van der Waals surface area (Å²) in [5.74, 6) is 1.25. The molecule has 0 radical (unpaired) electrons. The Morgan fingerprint density at radius 2 is 1.95 bits per heavy atom. The molecule has 37 heavy (non-hydrogen) atoms. The zero-order valence-electron chi connectivity index (χ0n) is 21.4. The lowest BCUT2D eigenvalue weighted by Gasteiger charge is -2.74. The zero-order chi connectivity index (χ0) is 25.4. The van der Waals surface area contributed by atoms with Crippen molar-refractivity contribution in [3.8, 4) is 11.5 Å². The van der Waals surface area contributed by atoms with Crippen molar-refractivity contribution in [3.63, 3.8) is 0 Å². The molecule has 3 unspecified atom stereocenters. The van der Waals surface area contributed by atoms with Gasteiger partial charge in [0.1, 0.15) is 17.5 Å². The van der Waals surface area contributed by atoms with E-state index in [1.807, 2.05) is 0 Å². The number of aliphatic hydroxyl groups excluding tert-OH is 1. The highest BCUT2D eigenvalue weighted by atomic mass is 19.1. The van der Waals surface area contributed by atoms with Gasteiger partial charge >= 0.3 is 0 Å². The van der Waals surface area contributed by atoms with Gasteiger partial charge in [-0.05, 0) is 73.9 Å². The van der Waals surface area contributed by atoms with Crippen LogP contribution in [0.1, 0.15) is 55.4 Å². The first-order chi connectivity index (χ1) is 17.8. The molecule has 9 rings (SSSR count). The minimum Gasteiger partial charge on any atom is -0.504 e. The Morgan fingerprint density at radius 3 is 2.68 bits per heavy atom. The molecule has 1 saturated heterocycles. The van der Waals surface area contributed by atoms with Crippen LogP contribution in [-0.2, 0) is 16.6 Å². The van der Waals surface area contributed by atoms with Crippen LogP contribution < -0.4 is 4.74 Å². The van der Waals surface area contributed by atoms with Gasteiger partial charge in [0.2, 0.25) is 0 Å². The molecule has 3 fully saturated rings. The Bertz CT molecular complexity index is 1340. The summed E-state index contributed by atoms with van der Waals surface area (Å²) in [5, 5.41) is 23.1. The average molecular weight is 504 g/mol. The fourth-order valence-corrected chi connectivity index (χ4v) is 9.55. The van der Waals surface area contributed by atoms with Crippen LogP contribution in [0.15, 0.2) is 48.6 Å². The van der Waals surface area contributed by atoms with E-state index < -0.39 is 17.1 Å². The summed E-state index contributed by atoms with van der Waals surface area (Å²) < 4.78 is 27.1. The number of benzene rings is 2. The van der Waals surface area contributed by atoms with E-state index in [9.17, 15) is 14.6 Å². The monoisotopic (exact) mass is 503 g/mol. The Balaban J connectivity index is 1.37. The van der Waals surface area contributed by atoms with Crippen molar-refractivity contribution in [3.05, 3.63) is 71.1 Å². The normalized spacial score (nSPS) is 41.4. The molecule has 2 aromatic carbocycles. The van der Waals surface area contributed by atoms with Crippen LogP contribution in [0.5, 0.6) is 11.5 Å². The highest BCUT2D eigenvalue weighted by Crippen LogP contribution is 2.78. The standard InChI is InChI=1S/C31H34FNO4/c1-28(26(35)19-5-8-21(32)9-6-19)17-29-11-12-31(28,36-2)27-30(29)13-14-33(16-18-3-4-18)23(29)15-20-7-10-22(34)25(37-27)24(20)30/h5-12,18,23,26-27,34-35H,3-4,13-17H2,1-2H3/t23?,26-,27+,28?,29?,30+,31+/m1/s1. The summed E-state index contributed by atoms with van der Waals surface area (Å²) >= 11 is 0. The third-order valence-corrected chi connectivity index (χ3v) is 11.3. The van der Waals surface area contributed by atoms with Crippen molar-refractivity contribution >= 4 is 0 Å². The summed E-state index contributed by atoms with van der Waals surface area (Å²) in [7, 11) is 1.71. The first-order valence-electron chi connectivity index (χ1n) is 13.7. The van der Waals surface area contributed by atoms with Crippen LogP contribution in [0.3, 0.4) is 0 Å². The highest BCUT2D eigenvalue weighted by Gasteiger charge is 2.82. The number of likely N-dealkylation sites (tertiary alicyclic amines) is 1. The van der Waals surface area contributed by atoms with Crippen LogP contribution in [0.2, 0.25) is 0 Å². The maximum Gasteiger partial charge on any atom is 0.165 e. The molecule has 6 heteroatoms. The van der Waals surface area contributed by atoms with Crippen LogP contribution in [0.25, 0.3) is 0 Å². The van der Waals surface area contributed by atoms with Crippen molar-refractivity contribution in [1.29, 1.82) is 0 Å².